The number of hydrogen-bond acceptors (Lipinski definition) is 3. The maximum Gasteiger partial charge on any atom is 0.161 e. The summed E-state index contributed by atoms with van der Waals surface area (Å²) >= 11 is 0. The lowest BCUT2D eigenvalue weighted by atomic mass is 10.1. The topological polar surface area (TPSA) is 44.5 Å². The van der Waals surface area contributed by atoms with Gasteiger partial charge in [-0.15, -0.1) is 0 Å². The van der Waals surface area contributed by atoms with E-state index in [1.165, 1.54) is 18.4 Å². The van der Waals surface area contributed by atoms with Crippen molar-refractivity contribution in [3.8, 4) is 11.5 Å². The number of methoxy groups -OCH3 is 1. The predicted molar refractivity (Wildman–Crippen MR) is 75.4 cm³/mol. The summed E-state index contributed by atoms with van der Waals surface area (Å²) in [6.07, 6.45) is 5.49. The van der Waals surface area contributed by atoms with E-state index in [9.17, 15) is 0 Å². The predicted octanol–water partition coefficient (Wildman–Crippen LogP) is 3.16. The zero-order chi connectivity index (χ0) is 13.2. The van der Waals surface area contributed by atoms with Gasteiger partial charge in [-0.05, 0) is 43.5 Å². The number of unbranched alkanes of at least 4 members (excludes halogenated alkanes) is 2. The molecule has 0 saturated carbocycles. The molecule has 0 aromatic heterocycles. The third kappa shape index (κ3) is 4.96. The lowest BCUT2D eigenvalue weighted by Crippen LogP contribution is -2.02. The van der Waals surface area contributed by atoms with Gasteiger partial charge in [0.05, 0.1) is 13.7 Å². The molecular weight excluding hydrogens is 226 g/mol. The van der Waals surface area contributed by atoms with Crippen molar-refractivity contribution in [3.05, 3.63) is 23.8 Å². The Hall–Kier alpha value is -1.22. The molecule has 0 heterocycles. The van der Waals surface area contributed by atoms with Crippen LogP contribution in [0, 0.1) is 0 Å². The number of nitrogens with two attached hydrogens (primary N) is 1. The van der Waals surface area contributed by atoms with Crippen LogP contribution < -0.4 is 15.2 Å². The zero-order valence-electron chi connectivity index (χ0n) is 11.6. The molecule has 0 aliphatic carbocycles. The van der Waals surface area contributed by atoms with Gasteiger partial charge in [-0.25, -0.2) is 0 Å². The maximum atomic E-state index is 5.74. The molecule has 0 aliphatic heterocycles. The fourth-order valence-electron chi connectivity index (χ4n) is 1.83. The highest BCUT2D eigenvalue weighted by atomic mass is 16.5. The van der Waals surface area contributed by atoms with Crippen molar-refractivity contribution in [2.24, 2.45) is 5.73 Å². The molecule has 0 amide bonds. The summed E-state index contributed by atoms with van der Waals surface area (Å²) in [6, 6.07) is 6.13. The van der Waals surface area contributed by atoms with E-state index in [2.05, 4.69) is 13.0 Å². The molecule has 2 N–H and O–H groups in total. The smallest absolute Gasteiger partial charge is 0.161 e. The van der Waals surface area contributed by atoms with Crippen LogP contribution in [0.5, 0.6) is 11.5 Å². The van der Waals surface area contributed by atoms with Gasteiger partial charge in [0.2, 0.25) is 0 Å². The van der Waals surface area contributed by atoms with E-state index in [1.54, 1.807) is 7.11 Å². The van der Waals surface area contributed by atoms with Gasteiger partial charge in [0.25, 0.3) is 0 Å². The molecule has 18 heavy (non-hydrogen) atoms. The molecule has 0 aliphatic rings. The van der Waals surface area contributed by atoms with Crippen molar-refractivity contribution >= 4 is 0 Å². The third-order valence-corrected chi connectivity index (χ3v) is 2.90. The standard InChI is InChI=1S/C15H25NO2/c1-3-4-5-11-18-14-9-8-13(7-6-10-16)12-15(14)17-2/h8-9,12H,3-7,10-11,16H2,1-2H3. The largest absolute Gasteiger partial charge is 0.493 e. The van der Waals surface area contributed by atoms with Crippen molar-refractivity contribution in [3.63, 3.8) is 0 Å². The van der Waals surface area contributed by atoms with Crippen molar-refractivity contribution in [1.29, 1.82) is 0 Å². The molecule has 0 atom stereocenters. The molecule has 3 nitrogen and oxygen atoms in total. The fourth-order valence-corrected chi connectivity index (χ4v) is 1.83. The highest BCUT2D eigenvalue weighted by Crippen LogP contribution is 2.28. The Morgan fingerprint density at radius 2 is 1.94 bits per heavy atom. The van der Waals surface area contributed by atoms with Crippen LogP contribution in [0.3, 0.4) is 0 Å². The number of benzene rings is 1. The highest BCUT2D eigenvalue weighted by Gasteiger charge is 2.05. The van der Waals surface area contributed by atoms with Gasteiger partial charge in [0, 0.05) is 0 Å². The van der Waals surface area contributed by atoms with E-state index < -0.39 is 0 Å². The fraction of sp³-hybridized carbons (Fsp3) is 0.600. The minimum absolute atomic E-state index is 0.720. The first kappa shape index (κ1) is 14.8. The van der Waals surface area contributed by atoms with Gasteiger partial charge < -0.3 is 15.2 Å². The summed E-state index contributed by atoms with van der Waals surface area (Å²) in [7, 11) is 1.68. The van der Waals surface area contributed by atoms with Crippen LogP contribution in [0.4, 0.5) is 0 Å². The molecule has 0 fully saturated rings. The van der Waals surface area contributed by atoms with Crippen LogP contribution in [-0.4, -0.2) is 20.3 Å². The average Bonchev–Trinajstić information content (AvgIpc) is 2.42. The third-order valence-electron chi connectivity index (χ3n) is 2.90. The SMILES string of the molecule is CCCCCOc1ccc(CCCN)cc1OC. The Bertz CT molecular complexity index is 339. The molecule has 0 unspecified atom stereocenters. The Morgan fingerprint density at radius 3 is 2.61 bits per heavy atom. The van der Waals surface area contributed by atoms with Crippen LogP contribution in [0.1, 0.15) is 38.2 Å². The van der Waals surface area contributed by atoms with E-state index >= 15 is 0 Å². The first-order chi connectivity index (χ1) is 8.81. The van der Waals surface area contributed by atoms with Crippen molar-refractivity contribution in [2.75, 3.05) is 20.3 Å². The molecular formula is C15H25NO2. The van der Waals surface area contributed by atoms with Crippen LogP contribution in [-0.2, 0) is 6.42 Å². The molecule has 0 spiro atoms. The second-order valence-electron chi connectivity index (χ2n) is 4.43. The summed E-state index contributed by atoms with van der Waals surface area (Å²) in [5.41, 5.74) is 6.76. The molecule has 102 valence electrons. The lowest BCUT2D eigenvalue weighted by Gasteiger charge is -2.12. The quantitative estimate of drug-likeness (QED) is 0.686. The molecule has 1 aromatic carbocycles. The molecule has 0 saturated heterocycles. The summed E-state index contributed by atoms with van der Waals surface area (Å²) in [4.78, 5) is 0. The lowest BCUT2D eigenvalue weighted by molar-refractivity contribution is 0.286. The first-order valence-corrected chi connectivity index (χ1v) is 6.81. The van der Waals surface area contributed by atoms with E-state index in [0.29, 0.717) is 0 Å². The minimum atomic E-state index is 0.720. The molecule has 1 rings (SSSR count). The van der Waals surface area contributed by atoms with Gasteiger partial charge >= 0.3 is 0 Å². The van der Waals surface area contributed by atoms with Crippen molar-refractivity contribution < 1.29 is 9.47 Å². The monoisotopic (exact) mass is 251 g/mol. The maximum absolute atomic E-state index is 5.74. The Labute approximate surface area is 110 Å². The van der Waals surface area contributed by atoms with Crippen LogP contribution in [0.2, 0.25) is 0 Å². The molecule has 3 heteroatoms. The first-order valence-electron chi connectivity index (χ1n) is 6.81. The molecule has 1 aromatic rings. The normalized spacial score (nSPS) is 10.4. The molecule has 0 radical (unpaired) electrons. The summed E-state index contributed by atoms with van der Waals surface area (Å²) in [5, 5.41) is 0. The van der Waals surface area contributed by atoms with Crippen molar-refractivity contribution in [1.82, 2.24) is 0 Å². The zero-order valence-corrected chi connectivity index (χ0v) is 11.6. The Balaban J connectivity index is 2.56. The van der Waals surface area contributed by atoms with Gasteiger partial charge in [-0.1, -0.05) is 25.8 Å². The van der Waals surface area contributed by atoms with Crippen molar-refractivity contribution in [2.45, 2.75) is 39.0 Å². The van der Waals surface area contributed by atoms with E-state index in [0.717, 1.165) is 43.9 Å². The van der Waals surface area contributed by atoms with Gasteiger partial charge in [-0.3, -0.25) is 0 Å². The molecule has 0 bridgehead atoms. The highest BCUT2D eigenvalue weighted by molar-refractivity contribution is 5.43. The Kier molecular flexibility index (Phi) is 7.26. The second kappa shape index (κ2) is 8.81. The number of hydrogen-bond donors (Lipinski definition) is 1. The van der Waals surface area contributed by atoms with E-state index in [4.69, 9.17) is 15.2 Å². The van der Waals surface area contributed by atoms with Crippen LogP contribution >= 0.6 is 0 Å². The number of ether oxygens (including phenoxy) is 2. The van der Waals surface area contributed by atoms with E-state index in [1.807, 2.05) is 12.1 Å². The summed E-state index contributed by atoms with van der Waals surface area (Å²) in [5.74, 6) is 1.66. The summed E-state index contributed by atoms with van der Waals surface area (Å²) < 4.78 is 11.1. The van der Waals surface area contributed by atoms with Gasteiger partial charge in [0.15, 0.2) is 11.5 Å². The van der Waals surface area contributed by atoms with Gasteiger partial charge in [0.1, 0.15) is 0 Å². The van der Waals surface area contributed by atoms with E-state index in [-0.39, 0.29) is 0 Å². The number of rotatable bonds is 9. The second-order valence-corrected chi connectivity index (χ2v) is 4.43. The average molecular weight is 251 g/mol. The van der Waals surface area contributed by atoms with Gasteiger partial charge in [-0.2, -0.15) is 0 Å². The Morgan fingerprint density at radius 1 is 1.11 bits per heavy atom. The minimum Gasteiger partial charge on any atom is -0.493 e. The van der Waals surface area contributed by atoms with Crippen LogP contribution in [0.25, 0.3) is 0 Å². The number of aryl methyl sites for hydroxylation is 1. The van der Waals surface area contributed by atoms with Crippen LogP contribution in [0.15, 0.2) is 18.2 Å². The summed E-state index contributed by atoms with van der Waals surface area (Å²) in [6.45, 7) is 3.66.